The van der Waals surface area contributed by atoms with Gasteiger partial charge in [0.1, 0.15) is 12.6 Å². The number of hydrogen-bond acceptors (Lipinski definition) is 4. The van der Waals surface area contributed by atoms with E-state index in [4.69, 9.17) is 11.6 Å². The number of sulfonamides is 1. The SMILES string of the molecule is Cc1ccccc1N(CC(=O)N(Cc1cccc(Cl)c1)[C@H](Cc1ccccc1)C(=O)NC1CCCCC1)S(C)(=O)=O. The molecule has 0 unspecified atom stereocenters. The molecule has 0 radical (unpaired) electrons. The Bertz CT molecular complexity index is 1440. The number of anilines is 1. The maximum atomic E-state index is 14.2. The predicted octanol–water partition coefficient (Wildman–Crippen LogP) is 5.50. The Kier molecular flexibility index (Phi) is 10.5. The molecule has 0 aliphatic heterocycles. The predicted molar refractivity (Wildman–Crippen MR) is 164 cm³/mol. The second kappa shape index (κ2) is 14.0. The van der Waals surface area contributed by atoms with Crippen LogP contribution in [0.3, 0.4) is 0 Å². The van der Waals surface area contributed by atoms with Crippen LogP contribution in [0.1, 0.15) is 48.8 Å². The van der Waals surface area contributed by atoms with Crippen LogP contribution in [0.4, 0.5) is 5.69 Å². The molecule has 1 fully saturated rings. The summed E-state index contributed by atoms with van der Waals surface area (Å²) in [5.41, 5.74) is 2.80. The fraction of sp³-hybridized carbons (Fsp3) is 0.375. The third-order valence-corrected chi connectivity index (χ3v) is 8.89. The third kappa shape index (κ3) is 8.57. The normalized spacial score (nSPS) is 14.7. The molecule has 0 aromatic heterocycles. The first-order valence-corrected chi connectivity index (χ1v) is 16.3. The molecule has 41 heavy (non-hydrogen) atoms. The number of nitrogens with one attached hydrogen (secondary N) is 1. The van der Waals surface area contributed by atoms with Crippen molar-refractivity contribution in [2.24, 2.45) is 0 Å². The molecule has 7 nitrogen and oxygen atoms in total. The number of hydrogen-bond donors (Lipinski definition) is 1. The molecule has 2 amide bonds. The topological polar surface area (TPSA) is 86.8 Å². The second-order valence-electron chi connectivity index (χ2n) is 10.8. The molecule has 1 saturated carbocycles. The molecular weight excluding hydrogens is 558 g/mol. The number of halogens is 1. The number of amides is 2. The van der Waals surface area contributed by atoms with Gasteiger partial charge in [-0.15, -0.1) is 0 Å². The van der Waals surface area contributed by atoms with Gasteiger partial charge >= 0.3 is 0 Å². The van der Waals surface area contributed by atoms with Gasteiger partial charge in [-0.1, -0.05) is 91.5 Å². The van der Waals surface area contributed by atoms with Crippen molar-refractivity contribution in [3.8, 4) is 0 Å². The van der Waals surface area contributed by atoms with Crippen molar-refractivity contribution in [2.45, 2.75) is 64.1 Å². The van der Waals surface area contributed by atoms with Crippen LogP contribution in [0, 0.1) is 6.92 Å². The van der Waals surface area contributed by atoms with Gasteiger partial charge in [0.2, 0.25) is 21.8 Å². The summed E-state index contributed by atoms with van der Waals surface area (Å²) in [6.07, 6.45) is 6.44. The first kappa shape index (κ1) is 30.6. The lowest BCUT2D eigenvalue weighted by Crippen LogP contribution is -2.55. The van der Waals surface area contributed by atoms with Gasteiger partial charge in [0, 0.05) is 24.0 Å². The quantitative estimate of drug-likeness (QED) is 0.317. The summed E-state index contributed by atoms with van der Waals surface area (Å²) >= 11 is 6.28. The van der Waals surface area contributed by atoms with Crippen molar-refractivity contribution in [1.82, 2.24) is 10.2 Å². The second-order valence-corrected chi connectivity index (χ2v) is 13.1. The summed E-state index contributed by atoms with van der Waals surface area (Å²) in [6, 6.07) is 23.0. The molecule has 0 bridgehead atoms. The number of nitrogens with zero attached hydrogens (tertiary/aromatic N) is 2. The molecule has 1 N–H and O–H groups in total. The molecule has 1 aliphatic carbocycles. The van der Waals surface area contributed by atoms with Crippen molar-refractivity contribution in [1.29, 1.82) is 0 Å². The van der Waals surface area contributed by atoms with Crippen LogP contribution in [0.25, 0.3) is 0 Å². The number of benzene rings is 3. The molecule has 3 aromatic carbocycles. The first-order chi connectivity index (χ1) is 19.6. The van der Waals surface area contributed by atoms with E-state index in [1.165, 1.54) is 4.90 Å². The maximum Gasteiger partial charge on any atom is 0.244 e. The van der Waals surface area contributed by atoms with Crippen LogP contribution in [0.5, 0.6) is 0 Å². The van der Waals surface area contributed by atoms with E-state index in [0.717, 1.165) is 59.4 Å². The number of rotatable bonds is 11. The lowest BCUT2D eigenvalue weighted by Gasteiger charge is -2.35. The smallest absolute Gasteiger partial charge is 0.244 e. The fourth-order valence-electron chi connectivity index (χ4n) is 5.37. The summed E-state index contributed by atoms with van der Waals surface area (Å²) < 4.78 is 27.0. The Balaban J connectivity index is 1.73. The van der Waals surface area contributed by atoms with Gasteiger partial charge < -0.3 is 10.2 Å². The van der Waals surface area contributed by atoms with E-state index < -0.39 is 28.5 Å². The van der Waals surface area contributed by atoms with E-state index in [2.05, 4.69) is 5.32 Å². The summed E-state index contributed by atoms with van der Waals surface area (Å²) in [5.74, 6) is -0.712. The summed E-state index contributed by atoms with van der Waals surface area (Å²) in [7, 11) is -3.81. The average molecular weight is 596 g/mol. The van der Waals surface area contributed by atoms with E-state index in [9.17, 15) is 18.0 Å². The van der Waals surface area contributed by atoms with Crippen molar-refractivity contribution < 1.29 is 18.0 Å². The minimum absolute atomic E-state index is 0.0529. The highest BCUT2D eigenvalue weighted by Gasteiger charge is 2.34. The molecule has 0 saturated heterocycles. The number of carbonyl (C=O) groups excluding carboxylic acids is 2. The minimum Gasteiger partial charge on any atom is -0.352 e. The Morgan fingerprint density at radius 1 is 0.927 bits per heavy atom. The largest absolute Gasteiger partial charge is 0.352 e. The molecule has 0 heterocycles. The lowest BCUT2D eigenvalue weighted by molar-refractivity contribution is -0.140. The van der Waals surface area contributed by atoms with E-state index in [1.807, 2.05) is 42.5 Å². The van der Waals surface area contributed by atoms with E-state index in [1.54, 1.807) is 43.3 Å². The molecule has 4 rings (SSSR count). The average Bonchev–Trinajstić information content (AvgIpc) is 2.94. The highest BCUT2D eigenvalue weighted by Crippen LogP contribution is 2.24. The zero-order valence-corrected chi connectivity index (χ0v) is 25.2. The highest BCUT2D eigenvalue weighted by atomic mass is 35.5. The Labute approximate surface area is 248 Å². The molecular formula is C32H38ClN3O4S. The van der Waals surface area contributed by atoms with E-state index in [0.29, 0.717) is 10.7 Å². The molecule has 9 heteroatoms. The summed E-state index contributed by atoms with van der Waals surface area (Å²) in [5, 5.41) is 3.72. The van der Waals surface area contributed by atoms with Gasteiger partial charge in [-0.3, -0.25) is 13.9 Å². The molecule has 0 spiro atoms. The monoisotopic (exact) mass is 595 g/mol. The zero-order chi connectivity index (χ0) is 29.4. The standard InChI is InChI=1S/C32H38ClN3O4S/c1-24-12-9-10-19-29(24)36(41(2,39)40)23-31(37)35(22-26-15-11-16-27(33)20-26)30(21-25-13-5-3-6-14-25)32(38)34-28-17-7-4-8-18-28/h3,5-6,9-16,19-20,28,30H,4,7-8,17-18,21-23H2,1-2H3,(H,34,38)/t30-/m1/s1. The van der Waals surface area contributed by atoms with Crippen molar-refractivity contribution >= 4 is 39.1 Å². The summed E-state index contributed by atoms with van der Waals surface area (Å²) in [4.78, 5) is 29.7. The van der Waals surface area contributed by atoms with Gasteiger partial charge in [0.15, 0.2) is 0 Å². The highest BCUT2D eigenvalue weighted by molar-refractivity contribution is 7.92. The molecule has 218 valence electrons. The number of aryl methyl sites for hydroxylation is 1. The zero-order valence-electron chi connectivity index (χ0n) is 23.6. The van der Waals surface area contributed by atoms with Crippen LogP contribution in [-0.2, 0) is 32.6 Å². The van der Waals surface area contributed by atoms with Crippen molar-refractivity contribution in [3.63, 3.8) is 0 Å². The van der Waals surface area contributed by atoms with Gasteiger partial charge in [-0.2, -0.15) is 0 Å². The van der Waals surface area contributed by atoms with Crippen LogP contribution >= 0.6 is 11.6 Å². The van der Waals surface area contributed by atoms with Gasteiger partial charge in [-0.05, 0) is 54.7 Å². The lowest BCUT2D eigenvalue weighted by atomic mass is 9.94. The third-order valence-electron chi connectivity index (χ3n) is 7.53. The van der Waals surface area contributed by atoms with Gasteiger partial charge in [0.05, 0.1) is 11.9 Å². The Morgan fingerprint density at radius 2 is 1.59 bits per heavy atom. The summed E-state index contributed by atoms with van der Waals surface area (Å²) in [6.45, 7) is 1.46. The van der Waals surface area contributed by atoms with E-state index >= 15 is 0 Å². The van der Waals surface area contributed by atoms with Gasteiger partial charge in [0.25, 0.3) is 0 Å². The van der Waals surface area contributed by atoms with Crippen LogP contribution in [-0.4, -0.2) is 50.0 Å². The van der Waals surface area contributed by atoms with Crippen molar-refractivity contribution in [2.75, 3.05) is 17.1 Å². The van der Waals surface area contributed by atoms with Crippen molar-refractivity contribution in [3.05, 3.63) is 101 Å². The Hall–Kier alpha value is -3.36. The fourth-order valence-corrected chi connectivity index (χ4v) is 6.49. The van der Waals surface area contributed by atoms with E-state index in [-0.39, 0.29) is 24.9 Å². The van der Waals surface area contributed by atoms with Crippen LogP contribution in [0.2, 0.25) is 5.02 Å². The van der Waals surface area contributed by atoms with Gasteiger partial charge in [-0.25, -0.2) is 8.42 Å². The first-order valence-electron chi connectivity index (χ1n) is 14.0. The maximum absolute atomic E-state index is 14.2. The Morgan fingerprint density at radius 3 is 2.24 bits per heavy atom. The van der Waals surface area contributed by atoms with Crippen LogP contribution < -0.4 is 9.62 Å². The molecule has 1 aliphatic rings. The molecule has 3 aromatic rings. The molecule has 1 atom stereocenters. The minimum atomic E-state index is -3.81. The van der Waals surface area contributed by atoms with Crippen LogP contribution in [0.15, 0.2) is 78.9 Å². The number of para-hydroxylation sites is 1. The number of carbonyl (C=O) groups is 2.